The summed E-state index contributed by atoms with van der Waals surface area (Å²) in [7, 11) is 1.62. The number of carbonyl (C=O) groups excluding carboxylic acids is 1. The third kappa shape index (κ3) is 4.98. The molecule has 7 heteroatoms. The molecule has 1 aliphatic rings. The summed E-state index contributed by atoms with van der Waals surface area (Å²) in [6, 6.07) is 13.8. The van der Waals surface area contributed by atoms with Gasteiger partial charge in [0.25, 0.3) is 5.91 Å². The minimum absolute atomic E-state index is 0.0234. The van der Waals surface area contributed by atoms with Crippen LogP contribution in [0.4, 0.5) is 8.78 Å². The van der Waals surface area contributed by atoms with Crippen molar-refractivity contribution < 1.29 is 23.0 Å². The van der Waals surface area contributed by atoms with Crippen molar-refractivity contribution in [1.29, 1.82) is 0 Å². The first-order valence-electron chi connectivity index (χ1n) is 9.28. The number of ether oxygens (including phenoxy) is 2. The molecule has 1 aliphatic heterocycles. The van der Waals surface area contributed by atoms with Gasteiger partial charge in [0.05, 0.1) is 18.7 Å². The number of carbonyl (C=O) groups is 1. The molecule has 1 fully saturated rings. The molecule has 0 bridgehead atoms. The highest BCUT2D eigenvalue weighted by atomic mass is 19.3. The summed E-state index contributed by atoms with van der Waals surface area (Å²) in [6.07, 6.45) is 2.22. The molecule has 0 aliphatic carbocycles. The minimum atomic E-state index is -2.98. The van der Waals surface area contributed by atoms with Crippen LogP contribution in [0.3, 0.4) is 0 Å². The smallest absolute Gasteiger partial charge is 0.387 e. The number of hydrogen-bond acceptors (Lipinski definition) is 4. The molecular formula is C21H24F2N2O3. The van der Waals surface area contributed by atoms with Gasteiger partial charge in [-0.3, -0.25) is 9.69 Å². The van der Waals surface area contributed by atoms with Crippen LogP contribution in [-0.2, 0) is 0 Å². The average molecular weight is 390 g/mol. The summed E-state index contributed by atoms with van der Waals surface area (Å²) in [5.74, 6) is 0.182. The van der Waals surface area contributed by atoms with E-state index in [0.717, 1.165) is 37.2 Å². The van der Waals surface area contributed by atoms with Crippen molar-refractivity contribution in [2.24, 2.45) is 0 Å². The van der Waals surface area contributed by atoms with Crippen LogP contribution in [0.15, 0.2) is 48.5 Å². The largest absolute Gasteiger partial charge is 0.497 e. The van der Waals surface area contributed by atoms with Gasteiger partial charge in [-0.25, -0.2) is 0 Å². The highest BCUT2D eigenvalue weighted by Gasteiger charge is 2.25. The molecule has 1 atom stereocenters. The maximum Gasteiger partial charge on any atom is 0.387 e. The van der Waals surface area contributed by atoms with Crippen LogP contribution in [0.1, 0.15) is 34.8 Å². The Morgan fingerprint density at radius 3 is 2.61 bits per heavy atom. The Labute approximate surface area is 163 Å². The van der Waals surface area contributed by atoms with E-state index in [4.69, 9.17) is 4.74 Å². The second-order valence-corrected chi connectivity index (χ2v) is 6.62. The molecule has 0 spiro atoms. The van der Waals surface area contributed by atoms with Crippen LogP contribution in [0, 0.1) is 0 Å². The number of para-hydroxylation sites is 1. The number of alkyl halides is 2. The molecule has 1 heterocycles. The summed E-state index contributed by atoms with van der Waals surface area (Å²) in [4.78, 5) is 15.0. The van der Waals surface area contributed by atoms with E-state index < -0.39 is 12.5 Å². The number of benzene rings is 2. The Bertz CT molecular complexity index is 795. The monoisotopic (exact) mass is 390 g/mol. The lowest BCUT2D eigenvalue weighted by atomic mass is 10.0. The van der Waals surface area contributed by atoms with Crippen molar-refractivity contribution in [3.8, 4) is 11.5 Å². The van der Waals surface area contributed by atoms with E-state index >= 15 is 0 Å². The molecule has 5 nitrogen and oxygen atoms in total. The molecule has 1 N–H and O–H groups in total. The van der Waals surface area contributed by atoms with E-state index in [1.165, 1.54) is 12.1 Å². The van der Waals surface area contributed by atoms with Gasteiger partial charge in [0.15, 0.2) is 0 Å². The van der Waals surface area contributed by atoms with Gasteiger partial charge in [0, 0.05) is 6.54 Å². The summed E-state index contributed by atoms with van der Waals surface area (Å²) < 4.78 is 35.0. The zero-order chi connectivity index (χ0) is 19.9. The van der Waals surface area contributed by atoms with Gasteiger partial charge in [-0.1, -0.05) is 24.3 Å². The quantitative estimate of drug-likeness (QED) is 0.744. The van der Waals surface area contributed by atoms with Crippen LogP contribution in [0.5, 0.6) is 11.5 Å². The van der Waals surface area contributed by atoms with Gasteiger partial charge in [-0.05, 0) is 55.8 Å². The molecule has 3 rings (SSSR count). The summed E-state index contributed by atoms with van der Waals surface area (Å²) in [5, 5.41) is 2.88. The van der Waals surface area contributed by atoms with Crippen molar-refractivity contribution >= 4 is 5.91 Å². The Kier molecular flexibility index (Phi) is 6.81. The number of hydrogen-bond donors (Lipinski definition) is 1. The van der Waals surface area contributed by atoms with Crippen LogP contribution >= 0.6 is 0 Å². The van der Waals surface area contributed by atoms with E-state index in [0.29, 0.717) is 6.54 Å². The fraction of sp³-hybridized carbons (Fsp3) is 0.381. The van der Waals surface area contributed by atoms with Crippen LogP contribution in [0.2, 0.25) is 0 Å². The highest BCUT2D eigenvalue weighted by molar-refractivity contribution is 5.96. The molecule has 0 aromatic heterocycles. The molecule has 2 aromatic carbocycles. The SMILES string of the molecule is COc1cccc([C@@H](CNC(=O)c2ccccc2OC(F)F)N2CCCC2)c1. The number of amides is 1. The maximum absolute atomic E-state index is 12.6. The fourth-order valence-electron chi connectivity index (χ4n) is 3.50. The standard InChI is InChI=1S/C21H24F2N2O3/c1-27-16-8-6-7-15(13-16)18(25-11-4-5-12-25)14-24-20(26)17-9-2-3-10-19(17)28-21(22)23/h2-3,6-10,13,18,21H,4-5,11-12,14H2,1H3,(H,24,26)/t18-/m1/s1. The zero-order valence-corrected chi connectivity index (χ0v) is 15.7. The van der Waals surface area contributed by atoms with E-state index in [1.54, 1.807) is 19.2 Å². The van der Waals surface area contributed by atoms with Gasteiger partial charge in [-0.2, -0.15) is 8.78 Å². The lowest BCUT2D eigenvalue weighted by Crippen LogP contribution is -2.37. The van der Waals surface area contributed by atoms with E-state index in [9.17, 15) is 13.6 Å². The minimum Gasteiger partial charge on any atom is -0.497 e. The van der Waals surface area contributed by atoms with Crippen molar-refractivity contribution in [2.75, 3.05) is 26.7 Å². The van der Waals surface area contributed by atoms with Crippen molar-refractivity contribution in [1.82, 2.24) is 10.2 Å². The van der Waals surface area contributed by atoms with E-state index in [2.05, 4.69) is 15.0 Å². The first-order valence-corrected chi connectivity index (χ1v) is 9.28. The Hall–Kier alpha value is -2.67. The molecule has 0 saturated carbocycles. The molecule has 0 unspecified atom stereocenters. The third-order valence-electron chi connectivity index (χ3n) is 4.86. The van der Waals surface area contributed by atoms with Crippen molar-refractivity contribution in [2.45, 2.75) is 25.5 Å². The normalized spacial score (nSPS) is 15.4. The topological polar surface area (TPSA) is 50.8 Å². The second-order valence-electron chi connectivity index (χ2n) is 6.62. The lowest BCUT2D eigenvalue weighted by molar-refractivity contribution is -0.0501. The van der Waals surface area contributed by atoms with E-state index in [1.807, 2.05) is 24.3 Å². The van der Waals surface area contributed by atoms with Gasteiger partial charge in [-0.15, -0.1) is 0 Å². The second kappa shape index (κ2) is 9.50. The zero-order valence-electron chi connectivity index (χ0n) is 15.7. The number of methoxy groups -OCH3 is 1. The predicted molar refractivity (Wildman–Crippen MR) is 102 cm³/mol. The van der Waals surface area contributed by atoms with E-state index in [-0.39, 0.29) is 17.4 Å². The average Bonchev–Trinajstić information content (AvgIpc) is 3.22. The molecule has 0 radical (unpaired) electrons. The Morgan fingerprint density at radius 1 is 1.14 bits per heavy atom. The Morgan fingerprint density at radius 2 is 1.89 bits per heavy atom. The molecular weight excluding hydrogens is 366 g/mol. The lowest BCUT2D eigenvalue weighted by Gasteiger charge is -2.28. The first kappa shape index (κ1) is 20.1. The summed E-state index contributed by atoms with van der Waals surface area (Å²) in [5.41, 5.74) is 1.13. The van der Waals surface area contributed by atoms with Gasteiger partial charge >= 0.3 is 6.61 Å². The summed E-state index contributed by atoms with van der Waals surface area (Å²) in [6.45, 7) is -0.733. The molecule has 28 heavy (non-hydrogen) atoms. The van der Waals surface area contributed by atoms with Crippen LogP contribution < -0.4 is 14.8 Å². The molecule has 150 valence electrons. The van der Waals surface area contributed by atoms with Gasteiger partial charge in [0.1, 0.15) is 11.5 Å². The third-order valence-corrected chi connectivity index (χ3v) is 4.86. The van der Waals surface area contributed by atoms with Crippen molar-refractivity contribution in [3.63, 3.8) is 0 Å². The summed E-state index contributed by atoms with van der Waals surface area (Å²) >= 11 is 0. The fourth-order valence-corrected chi connectivity index (χ4v) is 3.50. The van der Waals surface area contributed by atoms with Gasteiger partial charge < -0.3 is 14.8 Å². The van der Waals surface area contributed by atoms with Crippen LogP contribution in [0.25, 0.3) is 0 Å². The Balaban J connectivity index is 1.76. The molecule has 1 amide bonds. The number of halogens is 2. The molecule has 2 aromatic rings. The van der Waals surface area contributed by atoms with Crippen LogP contribution in [-0.4, -0.2) is 44.2 Å². The predicted octanol–water partition coefficient (Wildman–Crippen LogP) is 3.86. The van der Waals surface area contributed by atoms with Gasteiger partial charge in [0.2, 0.25) is 0 Å². The number of rotatable bonds is 8. The number of nitrogens with one attached hydrogen (secondary N) is 1. The first-order chi connectivity index (χ1) is 13.6. The number of likely N-dealkylation sites (tertiary alicyclic amines) is 1. The molecule has 1 saturated heterocycles. The van der Waals surface area contributed by atoms with Crippen molar-refractivity contribution in [3.05, 3.63) is 59.7 Å². The highest BCUT2D eigenvalue weighted by Crippen LogP contribution is 2.27. The maximum atomic E-state index is 12.6. The number of nitrogens with zero attached hydrogens (tertiary/aromatic N) is 1.